The summed E-state index contributed by atoms with van der Waals surface area (Å²) in [5.74, 6) is 1.09. The van der Waals surface area contributed by atoms with Crippen LogP contribution in [-0.2, 0) is 4.79 Å². The van der Waals surface area contributed by atoms with Crippen LogP contribution < -0.4 is 20.5 Å². The number of nitrogens with two attached hydrogens (primary N) is 1. The summed E-state index contributed by atoms with van der Waals surface area (Å²) in [6, 6.07) is 3.01. The Morgan fingerprint density at radius 2 is 2.06 bits per heavy atom. The number of fused-ring (bicyclic) bond motifs is 1. The number of anilines is 1. The average Bonchev–Trinajstić information content (AvgIpc) is 2.38. The second-order valence-electron chi connectivity index (χ2n) is 3.98. The standard InChI is InChI=1S/C12H15BrN2O3/c1-2-8(14)12(16)15-9-6-11-10(5-7(9)13)17-3-4-18-11/h5-6,8H,2-4,14H2,1H3,(H,15,16). The lowest BCUT2D eigenvalue weighted by Gasteiger charge is -2.20. The van der Waals surface area contributed by atoms with Crippen molar-refractivity contribution in [3.8, 4) is 11.5 Å². The molecule has 0 aromatic heterocycles. The van der Waals surface area contributed by atoms with Crippen molar-refractivity contribution in [2.24, 2.45) is 5.73 Å². The molecule has 0 spiro atoms. The van der Waals surface area contributed by atoms with Gasteiger partial charge in [-0.15, -0.1) is 0 Å². The van der Waals surface area contributed by atoms with Gasteiger partial charge in [0.15, 0.2) is 11.5 Å². The highest BCUT2D eigenvalue weighted by atomic mass is 79.9. The zero-order chi connectivity index (χ0) is 13.1. The van der Waals surface area contributed by atoms with Gasteiger partial charge in [-0.05, 0) is 22.4 Å². The van der Waals surface area contributed by atoms with Crippen LogP contribution in [0, 0.1) is 0 Å². The highest BCUT2D eigenvalue weighted by Crippen LogP contribution is 2.38. The van der Waals surface area contributed by atoms with E-state index in [4.69, 9.17) is 15.2 Å². The van der Waals surface area contributed by atoms with Gasteiger partial charge in [0, 0.05) is 16.6 Å². The summed E-state index contributed by atoms with van der Waals surface area (Å²) < 4.78 is 11.6. The molecule has 5 nitrogen and oxygen atoms in total. The van der Waals surface area contributed by atoms with E-state index in [1.165, 1.54) is 0 Å². The summed E-state index contributed by atoms with van der Waals surface area (Å²) in [6.45, 7) is 2.91. The second kappa shape index (κ2) is 5.58. The maximum atomic E-state index is 11.7. The lowest BCUT2D eigenvalue weighted by molar-refractivity contribution is -0.117. The number of hydrogen-bond acceptors (Lipinski definition) is 4. The van der Waals surface area contributed by atoms with E-state index in [1.807, 2.05) is 6.92 Å². The molecule has 1 aliphatic rings. The molecule has 1 aliphatic heterocycles. The molecule has 98 valence electrons. The normalized spacial score (nSPS) is 15.1. The van der Waals surface area contributed by atoms with Crippen LogP contribution >= 0.6 is 15.9 Å². The quantitative estimate of drug-likeness (QED) is 0.893. The Morgan fingerprint density at radius 3 is 2.67 bits per heavy atom. The van der Waals surface area contributed by atoms with Crippen LogP contribution in [0.2, 0.25) is 0 Å². The number of halogens is 1. The number of rotatable bonds is 3. The van der Waals surface area contributed by atoms with Crippen molar-refractivity contribution in [2.75, 3.05) is 18.5 Å². The van der Waals surface area contributed by atoms with Gasteiger partial charge in [0.05, 0.1) is 11.7 Å². The molecule has 0 radical (unpaired) electrons. The fourth-order valence-electron chi connectivity index (χ4n) is 1.57. The van der Waals surface area contributed by atoms with Crippen LogP contribution in [0.15, 0.2) is 16.6 Å². The molecule has 0 aliphatic carbocycles. The van der Waals surface area contributed by atoms with E-state index in [0.717, 1.165) is 4.47 Å². The Morgan fingerprint density at radius 1 is 1.44 bits per heavy atom. The highest BCUT2D eigenvalue weighted by molar-refractivity contribution is 9.10. The van der Waals surface area contributed by atoms with Crippen LogP contribution in [-0.4, -0.2) is 25.2 Å². The van der Waals surface area contributed by atoms with E-state index in [1.54, 1.807) is 12.1 Å². The van der Waals surface area contributed by atoms with Gasteiger partial charge in [0.2, 0.25) is 5.91 Å². The van der Waals surface area contributed by atoms with E-state index in [2.05, 4.69) is 21.2 Å². The summed E-state index contributed by atoms with van der Waals surface area (Å²) in [4.78, 5) is 11.7. The molecule has 3 N–H and O–H groups in total. The van der Waals surface area contributed by atoms with Gasteiger partial charge >= 0.3 is 0 Å². The number of carbonyl (C=O) groups excluding carboxylic acids is 1. The lowest BCUT2D eigenvalue weighted by Crippen LogP contribution is -2.34. The molecule has 1 aromatic carbocycles. The first-order valence-corrected chi connectivity index (χ1v) is 6.56. The van der Waals surface area contributed by atoms with E-state index in [9.17, 15) is 4.79 Å². The van der Waals surface area contributed by atoms with Gasteiger partial charge in [-0.3, -0.25) is 4.79 Å². The minimum Gasteiger partial charge on any atom is -0.486 e. The van der Waals surface area contributed by atoms with Crippen LogP contribution in [0.3, 0.4) is 0 Å². The van der Waals surface area contributed by atoms with Gasteiger partial charge in [-0.2, -0.15) is 0 Å². The molecule has 0 bridgehead atoms. The Bertz CT molecular complexity index is 465. The van der Waals surface area contributed by atoms with Gasteiger partial charge in [-0.1, -0.05) is 6.92 Å². The summed E-state index contributed by atoms with van der Waals surface area (Å²) in [7, 11) is 0. The zero-order valence-corrected chi connectivity index (χ0v) is 11.6. The number of ether oxygens (including phenoxy) is 2. The molecule has 0 fully saturated rings. The van der Waals surface area contributed by atoms with Crippen molar-refractivity contribution in [2.45, 2.75) is 19.4 Å². The van der Waals surface area contributed by atoms with Crippen molar-refractivity contribution in [1.82, 2.24) is 0 Å². The van der Waals surface area contributed by atoms with E-state index in [0.29, 0.717) is 36.8 Å². The Labute approximate surface area is 114 Å². The van der Waals surface area contributed by atoms with Crippen molar-refractivity contribution >= 4 is 27.5 Å². The van der Waals surface area contributed by atoms with Gasteiger partial charge in [0.1, 0.15) is 13.2 Å². The molecule has 0 saturated heterocycles. The fraction of sp³-hybridized carbons (Fsp3) is 0.417. The molecule has 2 rings (SSSR count). The largest absolute Gasteiger partial charge is 0.486 e. The zero-order valence-electron chi connectivity index (χ0n) is 10.0. The summed E-state index contributed by atoms with van der Waals surface area (Å²) in [5, 5.41) is 2.76. The molecule has 0 saturated carbocycles. The number of benzene rings is 1. The van der Waals surface area contributed by atoms with Gasteiger partial charge in [0.25, 0.3) is 0 Å². The van der Waals surface area contributed by atoms with Crippen LogP contribution in [0.1, 0.15) is 13.3 Å². The minimum absolute atomic E-state index is 0.213. The molecule has 1 aromatic rings. The first-order valence-electron chi connectivity index (χ1n) is 5.77. The monoisotopic (exact) mass is 314 g/mol. The van der Waals surface area contributed by atoms with Gasteiger partial charge in [-0.25, -0.2) is 0 Å². The second-order valence-corrected chi connectivity index (χ2v) is 4.83. The smallest absolute Gasteiger partial charge is 0.241 e. The number of hydrogen-bond donors (Lipinski definition) is 2. The van der Waals surface area contributed by atoms with Crippen molar-refractivity contribution < 1.29 is 14.3 Å². The first-order chi connectivity index (χ1) is 8.61. The predicted molar refractivity (Wildman–Crippen MR) is 72.0 cm³/mol. The Kier molecular flexibility index (Phi) is 4.08. The molecule has 18 heavy (non-hydrogen) atoms. The van der Waals surface area contributed by atoms with E-state index >= 15 is 0 Å². The lowest BCUT2D eigenvalue weighted by atomic mass is 10.2. The van der Waals surface area contributed by atoms with E-state index < -0.39 is 6.04 Å². The topological polar surface area (TPSA) is 73.6 Å². The van der Waals surface area contributed by atoms with Gasteiger partial charge < -0.3 is 20.5 Å². The average molecular weight is 315 g/mol. The molecular formula is C12H15BrN2O3. The molecule has 6 heteroatoms. The molecular weight excluding hydrogens is 300 g/mol. The number of carbonyl (C=O) groups is 1. The Hall–Kier alpha value is -1.27. The fourth-order valence-corrected chi connectivity index (χ4v) is 1.99. The van der Waals surface area contributed by atoms with Crippen LogP contribution in [0.25, 0.3) is 0 Å². The maximum Gasteiger partial charge on any atom is 0.241 e. The molecule has 1 heterocycles. The molecule has 1 atom stereocenters. The third-order valence-corrected chi connectivity index (χ3v) is 3.32. The van der Waals surface area contributed by atoms with Crippen molar-refractivity contribution in [3.05, 3.63) is 16.6 Å². The summed E-state index contributed by atoms with van der Waals surface area (Å²) >= 11 is 3.38. The molecule has 1 amide bonds. The SMILES string of the molecule is CCC(N)C(=O)Nc1cc2c(cc1Br)OCCO2. The molecule has 1 unspecified atom stereocenters. The van der Waals surface area contributed by atoms with Crippen LogP contribution in [0.4, 0.5) is 5.69 Å². The minimum atomic E-state index is -0.509. The number of nitrogens with one attached hydrogen (secondary N) is 1. The first kappa shape index (κ1) is 13.2. The summed E-state index contributed by atoms with van der Waals surface area (Å²) in [6.07, 6.45) is 0.591. The van der Waals surface area contributed by atoms with Crippen molar-refractivity contribution in [1.29, 1.82) is 0 Å². The van der Waals surface area contributed by atoms with E-state index in [-0.39, 0.29) is 5.91 Å². The van der Waals surface area contributed by atoms with Crippen molar-refractivity contribution in [3.63, 3.8) is 0 Å². The summed E-state index contributed by atoms with van der Waals surface area (Å²) in [5.41, 5.74) is 6.30. The number of amides is 1. The maximum absolute atomic E-state index is 11.7. The highest BCUT2D eigenvalue weighted by Gasteiger charge is 2.17. The third-order valence-electron chi connectivity index (χ3n) is 2.67. The third kappa shape index (κ3) is 2.76. The van der Waals surface area contributed by atoms with Crippen LogP contribution in [0.5, 0.6) is 11.5 Å². The predicted octanol–water partition coefficient (Wildman–Crippen LogP) is 1.90. The Balaban J connectivity index is 2.20.